The van der Waals surface area contributed by atoms with E-state index in [-0.39, 0.29) is 11.4 Å². The quantitative estimate of drug-likeness (QED) is 0.710. The van der Waals surface area contributed by atoms with E-state index in [9.17, 15) is 4.79 Å². The van der Waals surface area contributed by atoms with Gasteiger partial charge in [0.1, 0.15) is 16.8 Å². The number of aromatic nitrogens is 2. The molecule has 0 atom stereocenters. The molecule has 0 saturated carbocycles. The van der Waals surface area contributed by atoms with E-state index in [2.05, 4.69) is 41.2 Å². The van der Waals surface area contributed by atoms with E-state index in [0.29, 0.717) is 29.7 Å². The van der Waals surface area contributed by atoms with Crippen LogP contribution in [0.1, 0.15) is 24.2 Å². The zero-order valence-corrected chi connectivity index (χ0v) is 15.7. The summed E-state index contributed by atoms with van der Waals surface area (Å²) in [5, 5.41) is 7.61. The highest BCUT2D eigenvalue weighted by atomic mass is 16.6. The van der Waals surface area contributed by atoms with Gasteiger partial charge in [-0.3, -0.25) is 4.79 Å². The average Bonchev–Trinajstić information content (AvgIpc) is 3.14. The van der Waals surface area contributed by atoms with Crippen molar-refractivity contribution in [1.29, 1.82) is 0 Å². The Bertz CT molecular complexity index is 965. The van der Waals surface area contributed by atoms with Gasteiger partial charge >= 0.3 is 0 Å². The zero-order valence-electron chi connectivity index (χ0n) is 15.7. The predicted molar refractivity (Wildman–Crippen MR) is 102 cm³/mol. The zero-order chi connectivity index (χ0) is 19.0. The lowest BCUT2D eigenvalue weighted by atomic mass is 9.97. The monoisotopic (exact) mass is 366 g/mol. The van der Waals surface area contributed by atoms with Crippen LogP contribution in [0.3, 0.4) is 0 Å². The molecule has 7 heteroatoms. The number of methoxy groups -OCH3 is 1. The molecule has 1 fully saturated rings. The molecule has 7 nitrogen and oxygen atoms in total. The number of fused-ring (bicyclic) bond motifs is 1. The van der Waals surface area contributed by atoms with Gasteiger partial charge in [-0.05, 0) is 66.6 Å². The number of ether oxygens (including phenoxy) is 1. The highest BCUT2D eigenvalue weighted by molar-refractivity contribution is 5.97. The number of rotatable bonds is 3. The third kappa shape index (κ3) is 3.20. The molecule has 0 N–H and O–H groups in total. The minimum absolute atomic E-state index is 0.00218. The van der Waals surface area contributed by atoms with E-state index >= 15 is 0 Å². The molecule has 0 unspecified atom stereocenters. The molecule has 2 heterocycles. The lowest BCUT2D eigenvalue weighted by molar-refractivity contribution is 0.0686. The largest absolute Gasteiger partial charge is 0.497 e. The average molecular weight is 366 g/mol. The Morgan fingerprint density at radius 2 is 1.81 bits per heavy atom. The van der Waals surface area contributed by atoms with Crippen LogP contribution in [0.5, 0.6) is 5.75 Å². The molecule has 0 bridgehead atoms. The Hall–Kier alpha value is -3.09. The van der Waals surface area contributed by atoms with Crippen molar-refractivity contribution in [3.05, 3.63) is 48.0 Å². The summed E-state index contributed by atoms with van der Waals surface area (Å²) in [6.45, 7) is 6.36. The van der Waals surface area contributed by atoms with E-state index < -0.39 is 0 Å². The van der Waals surface area contributed by atoms with Gasteiger partial charge in [0.2, 0.25) is 0 Å². The second kappa shape index (κ2) is 6.57. The Labute approximate surface area is 157 Å². The van der Waals surface area contributed by atoms with Gasteiger partial charge in [0.15, 0.2) is 0 Å². The Morgan fingerprint density at radius 1 is 1.07 bits per heavy atom. The van der Waals surface area contributed by atoms with Gasteiger partial charge in [-0.25, -0.2) is 4.63 Å². The number of anilines is 1. The summed E-state index contributed by atoms with van der Waals surface area (Å²) >= 11 is 0. The first-order valence-electron chi connectivity index (χ1n) is 8.91. The van der Waals surface area contributed by atoms with E-state index in [1.165, 1.54) is 0 Å². The molecule has 4 rings (SSSR count). The van der Waals surface area contributed by atoms with Crippen LogP contribution in [0.2, 0.25) is 0 Å². The van der Waals surface area contributed by atoms with Gasteiger partial charge < -0.3 is 14.5 Å². The minimum atomic E-state index is -0.192. The van der Waals surface area contributed by atoms with E-state index in [0.717, 1.165) is 18.0 Å². The van der Waals surface area contributed by atoms with Gasteiger partial charge in [0.25, 0.3) is 5.91 Å². The van der Waals surface area contributed by atoms with Crippen LogP contribution >= 0.6 is 0 Å². The number of hydrogen-bond acceptors (Lipinski definition) is 6. The third-order valence-corrected chi connectivity index (χ3v) is 5.07. The molecular formula is C20H22N4O3. The van der Waals surface area contributed by atoms with Crippen LogP contribution in [0.15, 0.2) is 47.1 Å². The number of carbonyl (C=O) groups excluding carboxylic acids is 1. The summed E-state index contributed by atoms with van der Waals surface area (Å²) < 4.78 is 9.96. The molecule has 3 aromatic rings. The SMILES string of the molecule is COc1ccc(N2CCN(C(=O)c3ccc4nonc4c3)CC2(C)C)cc1. The maximum atomic E-state index is 13.0. The summed E-state index contributed by atoms with van der Waals surface area (Å²) in [6, 6.07) is 13.3. The van der Waals surface area contributed by atoms with Crippen molar-refractivity contribution in [2.45, 2.75) is 19.4 Å². The molecule has 140 valence electrons. The van der Waals surface area contributed by atoms with Gasteiger partial charge in [-0.15, -0.1) is 0 Å². The molecule has 2 aromatic carbocycles. The van der Waals surface area contributed by atoms with Gasteiger partial charge in [-0.2, -0.15) is 0 Å². The summed E-state index contributed by atoms with van der Waals surface area (Å²) in [6.07, 6.45) is 0. The molecule has 0 aliphatic carbocycles. The second-order valence-corrected chi connectivity index (χ2v) is 7.36. The lowest BCUT2D eigenvalue weighted by Crippen LogP contribution is -2.60. The standard InChI is InChI=1S/C20H22N4O3/c1-20(2)13-23(10-11-24(20)15-5-7-16(26-3)8-6-15)19(25)14-4-9-17-18(12-14)22-27-21-17/h4-9,12H,10-11,13H2,1-3H3. The Balaban J connectivity index is 1.52. The first kappa shape index (κ1) is 17.3. The van der Waals surface area contributed by atoms with Gasteiger partial charge in [0, 0.05) is 30.9 Å². The van der Waals surface area contributed by atoms with Gasteiger partial charge in [-0.1, -0.05) is 0 Å². The highest BCUT2D eigenvalue weighted by Crippen LogP contribution is 2.30. The van der Waals surface area contributed by atoms with E-state index in [1.807, 2.05) is 17.0 Å². The maximum absolute atomic E-state index is 13.0. The van der Waals surface area contributed by atoms with Crippen LogP contribution in [-0.2, 0) is 0 Å². The third-order valence-electron chi connectivity index (χ3n) is 5.07. The van der Waals surface area contributed by atoms with E-state index in [4.69, 9.17) is 9.37 Å². The fourth-order valence-electron chi connectivity index (χ4n) is 3.67. The summed E-state index contributed by atoms with van der Waals surface area (Å²) in [5.41, 5.74) is 2.78. The summed E-state index contributed by atoms with van der Waals surface area (Å²) in [5.74, 6) is 0.838. The summed E-state index contributed by atoms with van der Waals surface area (Å²) in [4.78, 5) is 17.2. The molecule has 1 saturated heterocycles. The first-order chi connectivity index (χ1) is 13.0. The lowest BCUT2D eigenvalue weighted by Gasteiger charge is -2.48. The van der Waals surface area contributed by atoms with Crippen LogP contribution in [0.25, 0.3) is 11.0 Å². The minimum Gasteiger partial charge on any atom is -0.497 e. The number of piperazine rings is 1. The van der Waals surface area contributed by atoms with Crippen molar-refractivity contribution in [3.8, 4) is 5.75 Å². The normalized spacial score (nSPS) is 16.6. The molecule has 1 aliphatic rings. The smallest absolute Gasteiger partial charge is 0.254 e. The van der Waals surface area contributed by atoms with E-state index in [1.54, 1.807) is 25.3 Å². The molecule has 0 spiro atoms. The van der Waals surface area contributed by atoms with Crippen molar-refractivity contribution in [2.75, 3.05) is 31.6 Å². The molecule has 0 radical (unpaired) electrons. The molecular weight excluding hydrogens is 344 g/mol. The van der Waals surface area contributed by atoms with Crippen LogP contribution in [0.4, 0.5) is 5.69 Å². The number of hydrogen-bond donors (Lipinski definition) is 0. The number of benzene rings is 2. The van der Waals surface area contributed by atoms with Crippen LogP contribution < -0.4 is 9.64 Å². The summed E-state index contributed by atoms with van der Waals surface area (Å²) in [7, 11) is 1.66. The van der Waals surface area contributed by atoms with Gasteiger partial charge in [0.05, 0.1) is 12.6 Å². The van der Waals surface area contributed by atoms with Crippen molar-refractivity contribution in [2.24, 2.45) is 0 Å². The Kier molecular flexibility index (Phi) is 4.22. The van der Waals surface area contributed by atoms with Crippen LogP contribution in [0, 0.1) is 0 Å². The second-order valence-electron chi connectivity index (χ2n) is 7.36. The first-order valence-corrected chi connectivity index (χ1v) is 8.91. The van der Waals surface area contributed by atoms with Crippen molar-refractivity contribution in [3.63, 3.8) is 0 Å². The fraction of sp³-hybridized carbons (Fsp3) is 0.350. The van der Waals surface area contributed by atoms with Crippen molar-refractivity contribution in [1.82, 2.24) is 15.2 Å². The van der Waals surface area contributed by atoms with Crippen LogP contribution in [-0.4, -0.2) is 53.4 Å². The van der Waals surface area contributed by atoms with Crippen molar-refractivity contribution < 1.29 is 14.2 Å². The maximum Gasteiger partial charge on any atom is 0.254 e. The number of nitrogens with zero attached hydrogens (tertiary/aromatic N) is 4. The molecule has 1 amide bonds. The molecule has 27 heavy (non-hydrogen) atoms. The Morgan fingerprint density at radius 3 is 2.52 bits per heavy atom. The topological polar surface area (TPSA) is 71.7 Å². The highest BCUT2D eigenvalue weighted by Gasteiger charge is 2.36. The van der Waals surface area contributed by atoms with Crippen molar-refractivity contribution >= 4 is 22.6 Å². The fourth-order valence-corrected chi connectivity index (χ4v) is 3.67. The predicted octanol–water partition coefficient (Wildman–Crippen LogP) is 2.97. The molecule has 1 aliphatic heterocycles. The number of amides is 1. The number of carbonyl (C=O) groups is 1. The molecule has 1 aromatic heterocycles.